The molecule has 1 N–H and O–H groups in total. The quantitative estimate of drug-likeness (QED) is 0.205. The van der Waals surface area contributed by atoms with Crippen molar-refractivity contribution in [3.05, 3.63) is 135 Å². The van der Waals surface area contributed by atoms with Crippen LogP contribution < -0.4 is 4.90 Å². The van der Waals surface area contributed by atoms with Crippen LogP contribution >= 0.6 is 31.9 Å². The highest BCUT2D eigenvalue weighted by atomic mass is 79.9. The minimum absolute atomic E-state index is 0.0662. The molecular weight excluding hydrogens is 608 g/mol. The molecule has 0 radical (unpaired) electrons. The van der Waals surface area contributed by atoms with Gasteiger partial charge in [0, 0.05) is 33.4 Å². The average molecular weight is 634 g/mol. The van der Waals surface area contributed by atoms with Crippen molar-refractivity contribution < 1.29 is 0 Å². The third-order valence-electron chi connectivity index (χ3n) is 7.99. The summed E-state index contributed by atoms with van der Waals surface area (Å²) in [7, 11) is 0. The molecule has 0 saturated carbocycles. The Hall–Kier alpha value is -3.60. The van der Waals surface area contributed by atoms with E-state index in [4.69, 9.17) is 0 Å². The standard InChI is InChI=1S/C35H26Br2N2/c1-35(2)30-11-7-6-10-27(30)28-18-16-26(21-31(28)35)39(25-17-19-32-29(20-25)33(36)34(37)38-32)24-14-12-23(13-15-24)22-8-4-3-5-9-22/h3-21,38H,1-2H3. The van der Waals surface area contributed by atoms with Crippen molar-refractivity contribution in [2.45, 2.75) is 19.3 Å². The minimum Gasteiger partial charge on any atom is -0.348 e. The predicted octanol–water partition coefficient (Wildman–Crippen LogP) is 11.1. The molecule has 1 aromatic heterocycles. The molecule has 39 heavy (non-hydrogen) atoms. The van der Waals surface area contributed by atoms with Gasteiger partial charge in [-0.15, -0.1) is 0 Å². The summed E-state index contributed by atoms with van der Waals surface area (Å²) in [5.74, 6) is 0. The second-order valence-corrected chi connectivity index (χ2v) is 12.2. The predicted molar refractivity (Wildman–Crippen MR) is 171 cm³/mol. The van der Waals surface area contributed by atoms with E-state index in [1.807, 2.05) is 0 Å². The van der Waals surface area contributed by atoms with Gasteiger partial charge in [-0.2, -0.15) is 0 Å². The number of aromatic nitrogens is 1. The smallest absolute Gasteiger partial charge is 0.0975 e. The van der Waals surface area contributed by atoms with Gasteiger partial charge in [-0.3, -0.25) is 0 Å². The van der Waals surface area contributed by atoms with Crippen LogP contribution in [0.5, 0.6) is 0 Å². The number of H-pyrrole nitrogens is 1. The summed E-state index contributed by atoms with van der Waals surface area (Å²) in [4.78, 5) is 5.77. The van der Waals surface area contributed by atoms with Crippen LogP contribution in [0.2, 0.25) is 0 Å². The van der Waals surface area contributed by atoms with Crippen molar-refractivity contribution in [1.82, 2.24) is 4.98 Å². The average Bonchev–Trinajstić information content (AvgIpc) is 3.38. The lowest BCUT2D eigenvalue weighted by atomic mass is 9.82. The van der Waals surface area contributed by atoms with Crippen LogP contribution in [0.4, 0.5) is 17.1 Å². The summed E-state index contributed by atoms with van der Waals surface area (Å²) in [6, 6.07) is 41.7. The van der Waals surface area contributed by atoms with Crippen molar-refractivity contribution in [3.63, 3.8) is 0 Å². The van der Waals surface area contributed by atoms with E-state index in [1.54, 1.807) is 0 Å². The van der Waals surface area contributed by atoms with E-state index in [-0.39, 0.29) is 5.41 Å². The lowest BCUT2D eigenvalue weighted by Crippen LogP contribution is -2.16. The number of fused-ring (bicyclic) bond motifs is 4. The van der Waals surface area contributed by atoms with Gasteiger partial charge in [0.1, 0.15) is 0 Å². The van der Waals surface area contributed by atoms with Gasteiger partial charge in [0.15, 0.2) is 0 Å². The number of halogens is 2. The topological polar surface area (TPSA) is 19.0 Å². The SMILES string of the molecule is CC1(C)c2ccccc2-c2ccc(N(c3ccc(-c4ccccc4)cc3)c3ccc4[nH]c(Br)c(Br)c4c3)cc21. The van der Waals surface area contributed by atoms with Gasteiger partial charge in [-0.25, -0.2) is 0 Å². The molecule has 0 amide bonds. The molecular formula is C35H26Br2N2. The van der Waals surface area contributed by atoms with Gasteiger partial charge >= 0.3 is 0 Å². The van der Waals surface area contributed by atoms with E-state index in [0.717, 1.165) is 37.0 Å². The lowest BCUT2D eigenvalue weighted by Gasteiger charge is -2.28. The lowest BCUT2D eigenvalue weighted by molar-refractivity contribution is 0.660. The van der Waals surface area contributed by atoms with Crippen LogP contribution in [0.3, 0.4) is 0 Å². The monoisotopic (exact) mass is 632 g/mol. The Kier molecular flexibility index (Phi) is 5.80. The maximum Gasteiger partial charge on any atom is 0.0975 e. The van der Waals surface area contributed by atoms with Crippen molar-refractivity contribution in [1.29, 1.82) is 0 Å². The molecule has 0 unspecified atom stereocenters. The molecule has 6 aromatic rings. The van der Waals surface area contributed by atoms with Crippen LogP contribution in [0.15, 0.2) is 124 Å². The van der Waals surface area contributed by atoms with E-state index in [9.17, 15) is 0 Å². The number of hydrogen-bond acceptors (Lipinski definition) is 1. The number of anilines is 3. The zero-order valence-electron chi connectivity index (χ0n) is 21.7. The first-order chi connectivity index (χ1) is 18.9. The fraction of sp³-hybridized carbons (Fsp3) is 0.0857. The highest BCUT2D eigenvalue weighted by Crippen LogP contribution is 2.50. The molecule has 190 valence electrons. The van der Waals surface area contributed by atoms with E-state index < -0.39 is 0 Å². The number of nitrogens with zero attached hydrogens (tertiary/aromatic N) is 1. The molecule has 0 spiro atoms. The fourth-order valence-electron chi connectivity index (χ4n) is 5.97. The van der Waals surface area contributed by atoms with E-state index in [2.05, 4.69) is 171 Å². The van der Waals surface area contributed by atoms with E-state index >= 15 is 0 Å². The second-order valence-electron chi connectivity index (χ2n) is 10.6. The number of hydrogen-bond donors (Lipinski definition) is 1. The number of benzene rings is 5. The third kappa shape index (κ3) is 3.97. The minimum atomic E-state index is -0.0662. The third-order valence-corrected chi connectivity index (χ3v) is 9.94. The molecule has 7 rings (SSSR count). The van der Waals surface area contributed by atoms with Crippen LogP contribution in [0.1, 0.15) is 25.0 Å². The van der Waals surface area contributed by atoms with Gasteiger partial charge in [-0.05, 0) is 108 Å². The Morgan fingerprint density at radius 2 is 1.21 bits per heavy atom. The van der Waals surface area contributed by atoms with Crippen molar-refractivity contribution >= 4 is 59.8 Å². The molecule has 0 fully saturated rings. The highest BCUT2D eigenvalue weighted by Gasteiger charge is 2.35. The highest BCUT2D eigenvalue weighted by molar-refractivity contribution is 9.13. The van der Waals surface area contributed by atoms with Gasteiger partial charge in [0.05, 0.1) is 9.08 Å². The summed E-state index contributed by atoms with van der Waals surface area (Å²) in [5.41, 5.74) is 12.2. The van der Waals surface area contributed by atoms with Gasteiger partial charge in [0.2, 0.25) is 0 Å². The summed E-state index contributed by atoms with van der Waals surface area (Å²) >= 11 is 7.39. The van der Waals surface area contributed by atoms with Crippen LogP contribution in [0.25, 0.3) is 33.2 Å². The maximum atomic E-state index is 3.76. The summed E-state index contributed by atoms with van der Waals surface area (Å²) < 4.78 is 1.98. The Balaban J connectivity index is 1.40. The normalized spacial score (nSPS) is 13.3. The number of rotatable bonds is 4. The van der Waals surface area contributed by atoms with E-state index in [0.29, 0.717) is 0 Å². The van der Waals surface area contributed by atoms with Crippen molar-refractivity contribution in [2.75, 3.05) is 4.90 Å². The Morgan fingerprint density at radius 1 is 0.590 bits per heavy atom. The molecule has 0 aliphatic heterocycles. The zero-order chi connectivity index (χ0) is 26.7. The summed E-state index contributed by atoms with van der Waals surface area (Å²) in [5, 5.41) is 1.14. The molecule has 0 saturated heterocycles. The first kappa shape index (κ1) is 24.4. The largest absolute Gasteiger partial charge is 0.348 e. The van der Waals surface area contributed by atoms with Crippen LogP contribution in [-0.2, 0) is 5.41 Å². The first-order valence-electron chi connectivity index (χ1n) is 13.1. The fourth-order valence-corrected chi connectivity index (χ4v) is 6.82. The molecule has 0 atom stereocenters. The van der Waals surface area contributed by atoms with Crippen LogP contribution in [0, 0.1) is 0 Å². The zero-order valence-corrected chi connectivity index (χ0v) is 24.8. The molecule has 1 aliphatic carbocycles. The first-order valence-corrected chi connectivity index (χ1v) is 14.7. The molecule has 2 nitrogen and oxygen atoms in total. The molecule has 0 bridgehead atoms. The van der Waals surface area contributed by atoms with Gasteiger partial charge in [0.25, 0.3) is 0 Å². The second kappa shape index (κ2) is 9.25. The Morgan fingerprint density at radius 3 is 2.00 bits per heavy atom. The number of aromatic amines is 1. The van der Waals surface area contributed by atoms with Crippen LogP contribution in [-0.4, -0.2) is 4.98 Å². The number of nitrogens with one attached hydrogen (secondary N) is 1. The van der Waals surface area contributed by atoms with Crippen molar-refractivity contribution in [2.24, 2.45) is 0 Å². The van der Waals surface area contributed by atoms with E-state index in [1.165, 1.54) is 33.4 Å². The summed E-state index contributed by atoms with van der Waals surface area (Å²) in [6.07, 6.45) is 0. The molecule has 1 aliphatic rings. The molecule has 5 aromatic carbocycles. The van der Waals surface area contributed by atoms with Gasteiger partial charge in [-0.1, -0.05) is 86.6 Å². The van der Waals surface area contributed by atoms with Crippen molar-refractivity contribution in [3.8, 4) is 22.3 Å². The summed E-state index contributed by atoms with van der Waals surface area (Å²) in [6.45, 7) is 4.67. The van der Waals surface area contributed by atoms with Gasteiger partial charge < -0.3 is 9.88 Å². The Labute approximate surface area is 245 Å². The Bertz CT molecular complexity index is 1850. The molecule has 1 heterocycles. The maximum absolute atomic E-state index is 3.76. The molecule has 4 heteroatoms.